The highest BCUT2D eigenvalue weighted by molar-refractivity contribution is 6.13. The van der Waals surface area contributed by atoms with E-state index in [2.05, 4.69) is 10.3 Å². The lowest BCUT2D eigenvalue weighted by Gasteiger charge is -2.38. The van der Waals surface area contributed by atoms with Crippen LogP contribution in [0.1, 0.15) is 63.6 Å². The molecule has 0 spiro atoms. The maximum Gasteiger partial charge on any atom is 0.418 e. The molecule has 2 unspecified atom stereocenters. The first kappa shape index (κ1) is 36.2. The van der Waals surface area contributed by atoms with Crippen molar-refractivity contribution in [3.05, 3.63) is 107 Å². The molecule has 5 rings (SSSR count). The smallest absolute Gasteiger partial charge is 0.418 e. The van der Waals surface area contributed by atoms with Crippen LogP contribution in [-0.2, 0) is 32.3 Å². The van der Waals surface area contributed by atoms with Crippen LogP contribution in [0.15, 0.2) is 95.7 Å². The standard InChI is InChI=1S/C38H42F2N4O6/c1-5-6-17-30(45)43-34(44(33(46)31(41)36(2,3)4)35(47)49-24-26-15-11-8-12-16-26)37-32(50-37)29(22-42-38(37,39)40)27-18-20-28(21-19-27)48-23-25-13-9-7-10-14-25/h7-16,18-22,31,34H,5-6,17,23-24,41H2,1-4H3,(H,43,45)/t31-,34?,37?/m1/s1. The monoisotopic (exact) mass is 688 g/mol. The molecular formula is C38H42F2N4O6. The van der Waals surface area contributed by atoms with Crippen LogP contribution in [-0.4, -0.2) is 52.9 Å². The van der Waals surface area contributed by atoms with Crippen molar-refractivity contribution in [1.29, 1.82) is 0 Å². The molecule has 50 heavy (non-hydrogen) atoms. The van der Waals surface area contributed by atoms with Crippen LogP contribution in [0.4, 0.5) is 13.6 Å². The van der Waals surface area contributed by atoms with Gasteiger partial charge in [0.25, 0.3) is 11.5 Å². The Balaban J connectivity index is 1.53. The van der Waals surface area contributed by atoms with E-state index in [9.17, 15) is 14.4 Å². The maximum atomic E-state index is 16.2. The summed E-state index contributed by atoms with van der Waals surface area (Å²) in [6, 6.07) is 19.5. The van der Waals surface area contributed by atoms with Crippen molar-refractivity contribution in [3.8, 4) is 5.75 Å². The third kappa shape index (κ3) is 7.70. The van der Waals surface area contributed by atoms with E-state index in [1.54, 1.807) is 75.4 Å². The molecule has 12 heteroatoms. The van der Waals surface area contributed by atoms with Crippen LogP contribution >= 0.6 is 0 Å². The molecule has 1 fully saturated rings. The molecule has 3 amide bonds. The van der Waals surface area contributed by atoms with Crippen molar-refractivity contribution >= 4 is 29.7 Å². The Labute approximate surface area is 290 Å². The number of fused-ring (bicyclic) bond motifs is 1. The van der Waals surface area contributed by atoms with E-state index in [0.29, 0.717) is 41.2 Å². The molecule has 0 bridgehead atoms. The van der Waals surface area contributed by atoms with Crippen LogP contribution in [0.5, 0.6) is 5.75 Å². The lowest BCUT2D eigenvalue weighted by molar-refractivity contribution is -0.148. The maximum absolute atomic E-state index is 16.2. The van der Waals surface area contributed by atoms with Gasteiger partial charge in [0, 0.05) is 18.2 Å². The second-order valence-corrected chi connectivity index (χ2v) is 13.3. The SMILES string of the molecule is CCCCC(=O)NC(N(C(=O)OCc1ccccc1)C(=O)[C@@H](N)C(C)(C)C)C12OC1=C(c1ccc(OCc3ccccc3)cc1)C=NC2(F)F. The van der Waals surface area contributed by atoms with E-state index in [1.165, 1.54) is 0 Å². The average molecular weight is 689 g/mol. The Morgan fingerprint density at radius 1 is 0.940 bits per heavy atom. The van der Waals surface area contributed by atoms with Crippen molar-refractivity contribution < 1.29 is 37.4 Å². The fourth-order valence-electron chi connectivity index (χ4n) is 5.45. The summed E-state index contributed by atoms with van der Waals surface area (Å²) in [5, 5.41) is 2.52. The van der Waals surface area contributed by atoms with Gasteiger partial charge in [0.15, 0.2) is 11.9 Å². The van der Waals surface area contributed by atoms with Crippen LogP contribution in [0.25, 0.3) is 5.57 Å². The zero-order valence-corrected chi connectivity index (χ0v) is 28.5. The summed E-state index contributed by atoms with van der Waals surface area (Å²) in [7, 11) is 0. The second kappa shape index (κ2) is 14.8. The molecule has 3 aromatic rings. The Morgan fingerprint density at radius 2 is 1.54 bits per heavy atom. The number of hydrogen-bond acceptors (Lipinski definition) is 8. The van der Waals surface area contributed by atoms with E-state index in [1.807, 2.05) is 37.3 Å². The number of imide groups is 1. The van der Waals surface area contributed by atoms with Crippen molar-refractivity contribution in [3.63, 3.8) is 0 Å². The van der Waals surface area contributed by atoms with Crippen LogP contribution < -0.4 is 15.8 Å². The molecule has 10 nitrogen and oxygen atoms in total. The number of nitrogens with one attached hydrogen (secondary N) is 1. The number of rotatable bonds is 13. The Bertz CT molecular complexity index is 1740. The molecule has 2 heterocycles. The highest BCUT2D eigenvalue weighted by Gasteiger charge is 2.79. The fourth-order valence-corrected chi connectivity index (χ4v) is 5.45. The number of halogens is 2. The zero-order valence-electron chi connectivity index (χ0n) is 28.5. The van der Waals surface area contributed by atoms with Crippen molar-refractivity contribution in [1.82, 2.24) is 10.2 Å². The Hall–Kier alpha value is -5.10. The molecule has 2 aliphatic rings. The molecule has 264 valence electrons. The van der Waals surface area contributed by atoms with Gasteiger partial charge < -0.3 is 25.3 Å². The summed E-state index contributed by atoms with van der Waals surface area (Å²) >= 11 is 0. The number of carbonyl (C=O) groups is 3. The van der Waals surface area contributed by atoms with Gasteiger partial charge in [-0.3, -0.25) is 9.59 Å². The van der Waals surface area contributed by atoms with E-state index in [0.717, 1.165) is 11.8 Å². The number of nitrogens with zero attached hydrogens (tertiary/aromatic N) is 2. The molecule has 2 aliphatic heterocycles. The molecule has 3 N–H and O–H groups in total. The van der Waals surface area contributed by atoms with Crippen molar-refractivity contribution in [2.75, 3.05) is 0 Å². The van der Waals surface area contributed by atoms with Gasteiger partial charge >= 0.3 is 12.1 Å². The molecule has 0 aliphatic carbocycles. The van der Waals surface area contributed by atoms with Gasteiger partial charge in [0.1, 0.15) is 19.0 Å². The van der Waals surface area contributed by atoms with Gasteiger partial charge in [0.05, 0.1) is 6.04 Å². The first-order chi connectivity index (χ1) is 23.8. The first-order valence-electron chi connectivity index (χ1n) is 16.5. The topological polar surface area (TPSA) is 136 Å². The normalized spacial score (nSPS) is 18.6. The van der Waals surface area contributed by atoms with Crippen LogP contribution in [0.3, 0.4) is 0 Å². The van der Waals surface area contributed by atoms with Crippen molar-refractivity contribution in [2.45, 2.75) is 84.0 Å². The molecule has 3 atom stereocenters. The minimum absolute atomic E-state index is 0.0549. The number of hydrogen-bond donors (Lipinski definition) is 2. The Kier molecular flexibility index (Phi) is 10.7. The van der Waals surface area contributed by atoms with Gasteiger partial charge in [-0.25, -0.2) is 14.7 Å². The number of benzene rings is 3. The lowest BCUT2D eigenvalue weighted by Crippen LogP contribution is -2.67. The Morgan fingerprint density at radius 3 is 2.12 bits per heavy atom. The number of amides is 3. The second-order valence-electron chi connectivity index (χ2n) is 13.3. The lowest BCUT2D eigenvalue weighted by atomic mass is 9.85. The molecule has 0 radical (unpaired) electrons. The highest BCUT2D eigenvalue weighted by Crippen LogP contribution is 2.60. The van der Waals surface area contributed by atoms with E-state index in [-0.39, 0.29) is 24.4 Å². The van der Waals surface area contributed by atoms with Crippen molar-refractivity contribution in [2.24, 2.45) is 16.1 Å². The number of carbonyl (C=O) groups excluding carboxylic acids is 3. The number of epoxide rings is 1. The van der Waals surface area contributed by atoms with Gasteiger partial charge in [-0.1, -0.05) is 107 Å². The highest BCUT2D eigenvalue weighted by atomic mass is 19.3. The number of aliphatic imine (C=N–C) groups is 1. The third-order valence-electron chi connectivity index (χ3n) is 8.56. The number of allylic oxidation sites excluding steroid dienone is 1. The molecule has 0 saturated carbocycles. The molecule has 3 aromatic carbocycles. The number of nitrogens with two attached hydrogens (primary N) is 1. The minimum atomic E-state index is -4.02. The van der Waals surface area contributed by atoms with Gasteiger partial charge in [-0.15, -0.1) is 0 Å². The number of ether oxygens (including phenoxy) is 3. The number of dihydropyridines is 1. The minimum Gasteiger partial charge on any atom is -0.489 e. The zero-order chi connectivity index (χ0) is 36.1. The summed E-state index contributed by atoms with van der Waals surface area (Å²) < 4.78 is 49.5. The quantitative estimate of drug-likeness (QED) is 0.117. The number of alkyl halides is 2. The number of unbranched alkanes of at least 4 members (excludes halogenated alkanes) is 1. The summed E-state index contributed by atoms with van der Waals surface area (Å²) in [5.41, 5.74) is 4.90. The summed E-state index contributed by atoms with van der Waals surface area (Å²) in [4.78, 5) is 45.3. The van der Waals surface area contributed by atoms with E-state index >= 15 is 8.78 Å². The third-order valence-corrected chi connectivity index (χ3v) is 8.56. The van der Waals surface area contributed by atoms with Gasteiger partial charge in [-0.2, -0.15) is 8.78 Å². The van der Waals surface area contributed by atoms with Crippen LogP contribution in [0, 0.1) is 5.41 Å². The van der Waals surface area contributed by atoms with Crippen LogP contribution in [0.2, 0.25) is 0 Å². The van der Waals surface area contributed by atoms with Gasteiger partial charge in [0.2, 0.25) is 5.91 Å². The fraction of sp³-hybridized carbons (Fsp3) is 0.368. The molecular weight excluding hydrogens is 646 g/mol. The summed E-state index contributed by atoms with van der Waals surface area (Å²) in [6.45, 7) is 6.91. The summed E-state index contributed by atoms with van der Waals surface area (Å²) in [5.74, 6) is -1.42. The van der Waals surface area contributed by atoms with E-state index < -0.39 is 47.2 Å². The predicted molar refractivity (Wildman–Crippen MR) is 184 cm³/mol. The largest absolute Gasteiger partial charge is 0.489 e. The molecule has 0 aromatic heterocycles. The van der Waals surface area contributed by atoms with E-state index in [4.69, 9.17) is 19.9 Å². The first-order valence-corrected chi connectivity index (χ1v) is 16.5. The summed E-state index contributed by atoms with van der Waals surface area (Å²) in [6.07, 6.45) is -1.35. The predicted octanol–water partition coefficient (Wildman–Crippen LogP) is 6.59. The van der Waals surface area contributed by atoms with Gasteiger partial charge in [-0.05, 0) is 40.7 Å². The average Bonchev–Trinajstić information content (AvgIpc) is 3.87. The molecule has 1 saturated heterocycles.